The Morgan fingerprint density at radius 3 is 2.82 bits per heavy atom. The highest BCUT2D eigenvalue weighted by Gasteiger charge is 2.46. The van der Waals surface area contributed by atoms with Gasteiger partial charge in [-0.05, 0) is 69.9 Å². The molecule has 2 saturated heterocycles. The Morgan fingerprint density at radius 1 is 1.27 bits per heavy atom. The van der Waals surface area contributed by atoms with Crippen molar-refractivity contribution >= 4 is 39.8 Å². The lowest BCUT2D eigenvalue weighted by molar-refractivity contribution is -0.137. The number of carbonyl (C=O) groups excluding carboxylic acids is 1. The number of hydrogen-bond acceptors (Lipinski definition) is 5. The first-order valence-electron chi connectivity index (χ1n) is 12.9. The fourth-order valence-electron chi connectivity index (χ4n) is 6.30. The van der Waals surface area contributed by atoms with Gasteiger partial charge in [-0.15, -0.1) is 11.3 Å². The molecule has 33 heavy (non-hydrogen) atoms. The highest BCUT2D eigenvalue weighted by atomic mass is 127. The standard InChI is InChI=1S/C26H39IN2O3S/c1-4-20-13-21-22(33-20)6-10-32-26(21)7-8-29(23(27)15-26)16-17-11-19(12-17)28-24(30)18-5-9-31-25(2,3)14-18/h13,17-19,23H,4-12,14-16H2,1-3H3,(H,28,30)/t17-,18?,19+,23-,26-/m1/s1. The first kappa shape index (κ1) is 24.5. The zero-order chi connectivity index (χ0) is 23.2. The number of hydrogen-bond donors (Lipinski definition) is 1. The van der Waals surface area contributed by atoms with Crippen molar-refractivity contribution in [2.45, 2.75) is 93.4 Å². The predicted molar refractivity (Wildman–Crippen MR) is 141 cm³/mol. The van der Waals surface area contributed by atoms with E-state index in [1.807, 2.05) is 11.3 Å². The van der Waals surface area contributed by atoms with E-state index in [1.54, 1.807) is 4.88 Å². The van der Waals surface area contributed by atoms with Gasteiger partial charge in [-0.1, -0.05) is 29.5 Å². The third-order valence-corrected chi connectivity index (χ3v) is 10.8. The third-order valence-electron chi connectivity index (χ3n) is 8.25. The van der Waals surface area contributed by atoms with Crippen LogP contribution in [0.4, 0.5) is 0 Å². The van der Waals surface area contributed by atoms with Gasteiger partial charge in [0.25, 0.3) is 0 Å². The Balaban J connectivity index is 1.10. The molecule has 0 bridgehead atoms. The van der Waals surface area contributed by atoms with Gasteiger partial charge in [-0.3, -0.25) is 9.69 Å². The molecule has 4 heterocycles. The Kier molecular flexibility index (Phi) is 7.18. The summed E-state index contributed by atoms with van der Waals surface area (Å²) < 4.78 is 12.8. The predicted octanol–water partition coefficient (Wildman–Crippen LogP) is 5.04. The second kappa shape index (κ2) is 9.68. The number of ether oxygens (including phenoxy) is 2. The number of carbonyl (C=O) groups is 1. The molecule has 5 nitrogen and oxygen atoms in total. The van der Waals surface area contributed by atoms with Crippen LogP contribution in [0.5, 0.6) is 0 Å². The minimum atomic E-state index is -0.173. The number of alkyl halides is 1. The molecule has 1 aliphatic carbocycles. The van der Waals surface area contributed by atoms with Crippen LogP contribution in [0.3, 0.4) is 0 Å². The Bertz CT molecular complexity index is 868. The SMILES string of the molecule is CCc1cc2c(s1)CCO[C@@]21CCN(C[C@H]2C[C@@H](NC(=O)C3CCOC(C)(C)C3)C2)[C@@H](I)C1. The fourth-order valence-corrected chi connectivity index (χ4v) is 8.70. The maximum Gasteiger partial charge on any atom is 0.223 e. The molecule has 1 N–H and O–H groups in total. The summed E-state index contributed by atoms with van der Waals surface area (Å²) in [6, 6.07) is 2.80. The van der Waals surface area contributed by atoms with Crippen LogP contribution in [0.15, 0.2) is 6.07 Å². The lowest BCUT2D eigenvalue weighted by Crippen LogP contribution is -2.54. The molecule has 5 rings (SSSR count). The average Bonchev–Trinajstić information content (AvgIpc) is 3.18. The Labute approximate surface area is 216 Å². The van der Waals surface area contributed by atoms with E-state index in [1.165, 1.54) is 10.4 Å². The number of nitrogens with one attached hydrogen (secondary N) is 1. The quantitative estimate of drug-likeness (QED) is 0.299. The normalized spacial score (nSPS) is 36.2. The van der Waals surface area contributed by atoms with Crippen molar-refractivity contribution in [3.63, 3.8) is 0 Å². The number of fused-ring (bicyclic) bond motifs is 2. The minimum Gasteiger partial charge on any atom is -0.376 e. The van der Waals surface area contributed by atoms with Crippen LogP contribution >= 0.6 is 33.9 Å². The second-order valence-electron chi connectivity index (χ2n) is 11.2. The van der Waals surface area contributed by atoms with Crippen LogP contribution in [-0.4, -0.2) is 52.8 Å². The van der Waals surface area contributed by atoms with E-state index in [0.29, 0.717) is 22.6 Å². The molecular weight excluding hydrogens is 547 g/mol. The number of aryl methyl sites for hydroxylation is 1. The summed E-state index contributed by atoms with van der Waals surface area (Å²) in [5.41, 5.74) is 1.26. The first-order chi connectivity index (χ1) is 15.8. The molecule has 4 aliphatic rings. The van der Waals surface area contributed by atoms with Gasteiger partial charge in [0, 0.05) is 54.3 Å². The molecule has 1 spiro atoms. The van der Waals surface area contributed by atoms with Crippen LogP contribution in [0.25, 0.3) is 0 Å². The largest absolute Gasteiger partial charge is 0.376 e. The van der Waals surface area contributed by atoms with Gasteiger partial charge in [0.1, 0.15) is 0 Å². The van der Waals surface area contributed by atoms with Crippen molar-refractivity contribution in [1.29, 1.82) is 0 Å². The van der Waals surface area contributed by atoms with Crippen molar-refractivity contribution in [1.82, 2.24) is 10.2 Å². The van der Waals surface area contributed by atoms with E-state index in [-0.39, 0.29) is 23.0 Å². The number of likely N-dealkylation sites (tertiary alicyclic amines) is 1. The highest BCUT2D eigenvalue weighted by molar-refractivity contribution is 14.1. The summed E-state index contributed by atoms with van der Waals surface area (Å²) in [5, 5.41) is 3.33. The molecule has 0 radical (unpaired) electrons. The fraction of sp³-hybridized carbons (Fsp3) is 0.808. The molecule has 1 amide bonds. The Hall–Kier alpha value is -0.220. The number of rotatable bonds is 5. The van der Waals surface area contributed by atoms with Gasteiger partial charge in [-0.25, -0.2) is 0 Å². The molecule has 3 fully saturated rings. The molecule has 1 unspecified atom stereocenters. The van der Waals surface area contributed by atoms with Crippen molar-refractivity contribution in [2.75, 3.05) is 26.3 Å². The van der Waals surface area contributed by atoms with Crippen molar-refractivity contribution in [3.05, 3.63) is 21.4 Å². The van der Waals surface area contributed by atoms with Gasteiger partial charge in [0.15, 0.2) is 0 Å². The Morgan fingerprint density at radius 2 is 2.09 bits per heavy atom. The van der Waals surface area contributed by atoms with Crippen molar-refractivity contribution < 1.29 is 14.3 Å². The third kappa shape index (κ3) is 5.18. The van der Waals surface area contributed by atoms with E-state index >= 15 is 0 Å². The minimum absolute atomic E-state index is 0.0620. The summed E-state index contributed by atoms with van der Waals surface area (Å²) in [6.45, 7) is 10.3. The number of amides is 1. The molecule has 1 aromatic heterocycles. The second-order valence-corrected chi connectivity index (χ2v) is 13.9. The summed E-state index contributed by atoms with van der Waals surface area (Å²) in [5.74, 6) is 1.05. The molecule has 1 saturated carbocycles. The molecule has 3 aliphatic heterocycles. The average molecular weight is 587 g/mol. The van der Waals surface area contributed by atoms with E-state index in [4.69, 9.17) is 9.47 Å². The maximum atomic E-state index is 12.7. The summed E-state index contributed by atoms with van der Waals surface area (Å²) in [7, 11) is 0. The zero-order valence-electron chi connectivity index (χ0n) is 20.3. The van der Waals surface area contributed by atoms with Crippen LogP contribution in [0.2, 0.25) is 0 Å². The van der Waals surface area contributed by atoms with E-state index in [9.17, 15) is 4.79 Å². The van der Waals surface area contributed by atoms with E-state index < -0.39 is 0 Å². The topological polar surface area (TPSA) is 50.8 Å². The van der Waals surface area contributed by atoms with Gasteiger partial charge in [0.2, 0.25) is 5.91 Å². The monoisotopic (exact) mass is 586 g/mol. The smallest absolute Gasteiger partial charge is 0.223 e. The van der Waals surface area contributed by atoms with E-state index in [0.717, 1.165) is 71.1 Å². The summed E-state index contributed by atoms with van der Waals surface area (Å²) >= 11 is 4.65. The van der Waals surface area contributed by atoms with Crippen LogP contribution in [0.1, 0.15) is 74.6 Å². The van der Waals surface area contributed by atoms with Crippen LogP contribution in [0, 0.1) is 11.8 Å². The zero-order valence-corrected chi connectivity index (χ0v) is 23.3. The first-order valence-corrected chi connectivity index (χ1v) is 14.9. The van der Waals surface area contributed by atoms with Gasteiger partial charge >= 0.3 is 0 Å². The lowest BCUT2D eigenvalue weighted by Gasteiger charge is -2.48. The molecule has 184 valence electrons. The lowest BCUT2D eigenvalue weighted by atomic mass is 9.78. The van der Waals surface area contributed by atoms with Crippen LogP contribution in [-0.2, 0) is 32.7 Å². The van der Waals surface area contributed by atoms with Crippen molar-refractivity contribution in [2.24, 2.45) is 11.8 Å². The molecule has 3 atom stereocenters. The number of halogens is 1. The summed E-state index contributed by atoms with van der Waals surface area (Å²) in [6.07, 6.45) is 8.32. The van der Waals surface area contributed by atoms with Crippen molar-refractivity contribution in [3.8, 4) is 0 Å². The number of thiophene rings is 1. The van der Waals surface area contributed by atoms with Gasteiger partial charge in [0.05, 0.1) is 21.9 Å². The molecule has 7 heteroatoms. The van der Waals surface area contributed by atoms with Crippen LogP contribution < -0.4 is 5.32 Å². The maximum absolute atomic E-state index is 12.7. The number of nitrogens with zero attached hydrogens (tertiary/aromatic N) is 1. The van der Waals surface area contributed by atoms with Gasteiger partial charge < -0.3 is 14.8 Å². The number of piperidine rings is 1. The molecule has 1 aromatic rings. The van der Waals surface area contributed by atoms with Gasteiger partial charge in [-0.2, -0.15) is 0 Å². The molecule has 0 aromatic carbocycles. The summed E-state index contributed by atoms with van der Waals surface area (Å²) in [4.78, 5) is 18.5. The highest BCUT2D eigenvalue weighted by Crippen LogP contribution is 2.48. The van der Waals surface area contributed by atoms with E-state index in [2.05, 4.69) is 59.6 Å². The molecular formula is C26H39IN2O3S.